The molecule has 0 aromatic carbocycles. The summed E-state index contributed by atoms with van der Waals surface area (Å²) in [6.07, 6.45) is 2.66. The molecule has 3 rings (SSSR count). The van der Waals surface area contributed by atoms with Gasteiger partial charge in [0.15, 0.2) is 5.76 Å². The van der Waals surface area contributed by atoms with Gasteiger partial charge in [0.05, 0.1) is 23.9 Å². The zero-order chi connectivity index (χ0) is 20.3. The Kier molecular flexibility index (Phi) is 5.43. The third-order valence-electron chi connectivity index (χ3n) is 4.49. The summed E-state index contributed by atoms with van der Waals surface area (Å²) in [5, 5.41) is 13.3. The van der Waals surface area contributed by atoms with Gasteiger partial charge >= 0.3 is 0 Å². The van der Waals surface area contributed by atoms with E-state index >= 15 is 0 Å². The van der Waals surface area contributed by atoms with Gasteiger partial charge in [-0.15, -0.1) is 0 Å². The second-order valence-corrected chi connectivity index (χ2v) is 6.28. The molecular weight excluding hydrogens is 370 g/mol. The Morgan fingerprint density at radius 2 is 1.89 bits per heavy atom. The summed E-state index contributed by atoms with van der Waals surface area (Å²) in [4.78, 5) is 50.0. The Bertz CT molecular complexity index is 895. The third kappa shape index (κ3) is 4.03. The van der Waals surface area contributed by atoms with Crippen molar-refractivity contribution in [3.63, 3.8) is 0 Å². The first-order chi connectivity index (χ1) is 13.4. The van der Waals surface area contributed by atoms with Crippen LogP contribution in [-0.2, 0) is 11.8 Å². The molecule has 0 aliphatic carbocycles. The van der Waals surface area contributed by atoms with E-state index in [9.17, 15) is 24.5 Å². The van der Waals surface area contributed by atoms with Crippen molar-refractivity contribution in [3.8, 4) is 0 Å². The van der Waals surface area contributed by atoms with Crippen LogP contribution in [0.25, 0.3) is 0 Å². The maximum atomic E-state index is 12.3. The molecule has 148 valence electrons. The number of furan rings is 1. The van der Waals surface area contributed by atoms with Crippen LogP contribution in [0.2, 0.25) is 0 Å². The minimum atomic E-state index is -0.592. The summed E-state index contributed by atoms with van der Waals surface area (Å²) >= 11 is 0. The molecule has 0 saturated carbocycles. The van der Waals surface area contributed by atoms with Gasteiger partial charge in [0.25, 0.3) is 17.5 Å². The first kappa shape index (κ1) is 19.1. The number of nitrogens with one attached hydrogen (secondary N) is 1. The highest BCUT2D eigenvalue weighted by molar-refractivity contribution is 5.96. The van der Waals surface area contributed by atoms with Gasteiger partial charge in [0, 0.05) is 39.3 Å². The van der Waals surface area contributed by atoms with Gasteiger partial charge in [-0.1, -0.05) is 0 Å². The Morgan fingerprint density at radius 1 is 1.21 bits per heavy atom. The SMILES string of the molecule is Cn1cc([N+](=O)[O-])cc1C(=O)NCC(=O)N1CCN(C(=O)c2ccco2)CC1. The average molecular weight is 389 g/mol. The fourth-order valence-electron chi connectivity index (χ4n) is 2.95. The molecule has 1 N–H and O–H groups in total. The van der Waals surface area contributed by atoms with Crippen LogP contribution in [0.5, 0.6) is 0 Å². The zero-order valence-electron chi connectivity index (χ0n) is 15.2. The molecule has 0 bridgehead atoms. The van der Waals surface area contributed by atoms with Crippen LogP contribution < -0.4 is 5.32 Å². The smallest absolute Gasteiger partial charge is 0.289 e. The van der Waals surface area contributed by atoms with Gasteiger partial charge in [-0.3, -0.25) is 24.5 Å². The molecular formula is C17H19N5O6. The minimum absolute atomic E-state index is 0.0911. The van der Waals surface area contributed by atoms with Crippen LogP contribution >= 0.6 is 0 Å². The summed E-state index contributed by atoms with van der Waals surface area (Å²) in [5.41, 5.74) is -0.107. The van der Waals surface area contributed by atoms with E-state index < -0.39 is 10.8 Å². The van der Waals surface area contributed by atoms with Crippen LogP contribution in [-0.4, -0.2) is 69.7 Å². The van der Waals surface area contributed by atoms with Crippen molar-refractivity contribution < 1.29 is 23.7 Å². The lowest BCUT2D eigenvalue weighted by atomic mass is 10.2. The molecule has 28 heavy (non-hydrogen) atoms. The van der Waals surface area contributed by atoms with Gasteiger partial charge in [0.2, 0.25) is 5.91 Å². The van der Waals surface area contributed by atoms with E-state index in [4.69, 9.17) is 4.42 Å². The van der Waals surface area contributed by atoms with Gasteiger partial charge in [-0.2, -0.15) is 0 Å². The lowest BCUT2D eigenvalue weighted by Crippen LogP contribution is -2.52. The minimum Gasteiger partial charge on any atom is -0.459 e. The summed E-state index contributed by atoms with van der Waals surface area (Å²) < 4.78 is 6.42. The Morgan fingerprint density at radius 3 is 2.46 bits per heavy atom. The second kappa shape index (κ2) is 7.94. The Balaban J connectivity index is 1.49. The highest BCUT2D eigenvalue weighted by atomic mass is 16.6. The molecule has 0 atom stereocenters. The lowest BCUT2D eigenvalue weighted by molar-refractivity contribution is -0.384. The van der Waals surface area contributed by atoms with Crippen molar-refractivity contribution in [1.82, 2.24) is 19.7 Å². The van der Waals surface area contributed by atoms with E-state index in [0.29, 0.717) is 26.2 Å². The van der Waals surface area contributed by atoms with Crippen molar-refractivity contribution in [2.45, 2.75) is 0 Å². The second-order valence-electron chi connectivity index (χ2n) is 6.28. The molecule has 1 saturated heterocycles. The van der Waals surface area contributed by atoms with Gasteiger partial charge < -0.3 is 24.1 Å². The number of aromatic nitrogens is 1. The largest absolute Gasteiger partial charge is 0.459 e. The summed E-state index contributed by atoms with van der Waals surface area (Å²) in [6.45, 7) is 1.18. The van der Waals surface area contributed by atoms with Crippen molar-refractivity contribution in [2.75, 3.05) is 32.7 Å². The van der Waals surface area contributed by atoms with Crippen LogP contribution in [0.3, 0.4) is 0 Å². The molecule has 11 nitrogen and oxygen atoms in total. The topological polar surface area (TPSA) is 131 Å². The highest BCUT2D eigenvalue weighted by Crippen LogP contribution is 2.15. The van der Waals surface area contributed by atoms with E-state index in [1.165, 1.54) is 24.1 Å². The van der Waals surface area contributed by atoms with Crippen molar-refractivity contribution >= 4 is 23.4 Å². The Labute approximate surface area is 159 Å². The van der Waals surface area contributed by atoms with Gasteiger partial charge in [-0.05, 0) is 12.1 Å². The molecule has 1 aliphatic rings. The quantitative estimate of drug-likeness (QED) is 0.576. The fourth-order valence-corrected chi connectivity index (χ4v) is 2.95. The molecule has 0 unspecified atom stereocenters. The maximum absolute atomic E-state index is 12.3. The van der Waals surface area contributed by atoms with Crippen LogP contribution in [0, 0.1) is 10.1 Å². The number of carbonyl (C=O) groups excluding carboxylic acids is 3. The number of hydrogen-bond donors (Lipinski definition) is 1. The molecule has 3 heterocycles. The summed E-state index contributed by atoms with van der Waals surface area (Å²) in [7, 11) is 1.51. The number of nitrogens with zero attached hydrogens (tertiary/aromatic N) is 4. The monoisotopic (exact) mass is 389 g/mol. The number of hydrogen-bond acceptors (Lipinski definition) is 6. The number of carbonyl (C=O) groups is 3. The van der Waals surface area contributed by atoms with E-state index in [-0.39, 0.29) is 35.5 Å². The first-order valence-electron chi connectivity index (χ1n) is 8.56. The predicted octanol–water partition coefficient (Wildman–Crippen LogP) is 0.241. The lowest BCUT2D eigenvalue weighted by Gasteiger charge is -2.34. The first-order valence-corrected chi connectivity index (χ1v) is 8.56. The molecule has 2 aromatic heterocycles. The van der Waals surface area contributed by atoms with Crippen LogP contribution in [0.4, 0.5) is 5.69 Å². The standard InChI is InChI=1S/C17H19N5O6/c1-19-11-12(22(26)27)9-13(19)16(24)18-10-15(23)20-4-6-21(7-5-20)17(25)14-3-2-8-28-14/h2-3,8-9,11H,4-7,10H2,1H3,(H,18,24). The molecule has 0 radical (unpaired) electrons. The molecule has 2 aromatic rings. The number of rotatable bonds is 5. The molecule has 11 heteroatoms. The number of piperazine rings is 1. The van der Waals surface area contributed by atoms with E-state index in [2.05, 4.69) is 5.32 Å². The molecule has 0 spiro atoms. The van der Waals surface area contributed by atoms with Gasteiger partial charge in [-0.25, -0.2) is 0 Å². The van der Waals surface area contributed by atoms with Crippen LogP contribution in [0.1, 0.15) is 21.0 Å². The van der Waals surface area contributed by atoms with Crippen molar-refractivity contribution in [1.29, 1.82) is 0 Å². The molecule has 1 fully saturated rings. The molecule has 3 amide bonds. The van der Waals surface area contributed by atoms with Crippen molar-refractivity contribution in [3.05, 3.63) is 52.2 Å². The van der Waals surface area contributed by atoms with Crippen LogP contribution in [0.15, 0.2) is 35.1 Å². The number of amides is 3. The highest BCUT2D eigenvalue weighted by Gasteiger charge is 2.26. The Hall–Kier alpha value is -3.63. The van der Waals surface area contributed by atoms with E-state index in [1.807, 2.05) is 0 Å². The van der Waals surface area contributed by atoms with E-state index in [0.717, 1.165) is 6.07 Å². The normalized spacial score (nSPS) is 14.0. The summed E-state index contributed by atoms with van der Waals surface area (Å²) in [5.74, 6) is -0.836. The van der Waals surface area contributed by atoms with Crippen molar-refractivity contribution in [2.24, 2.45) is 7.05 Å². The summed E-state index contributed by atoms with van der Waals surface area (Å²) in [6, 6.07) is 4.37. The number of aryl methyl sites for hydroxylation is 1. The molecule has 1 aliphatic heterocycles. The third-order valence-corrected chi connectivity index (χ3v) is 4.49. The zero-order valence-corrected chi connectivity index (χ0v) is 15.2. The average Bonchev–Trinajstić information content (AvgIpc) is 3.35. The maximum Gasteiger partial charge on any atom is 0.289 e. The fraction of sp³-hybridized carbons (Fsp3) is 0.353. The van der Waals surface area contributed by atoms with Gasteiger partial charge in [0.1, 0.15) is 5.69 Å². The predicted molar refractivity (Wildman–Crippen MR) is 95.6 cm³/mol. The van der Waals surface area contributed by atoms with E-state index in [1.54, 1.807) is 21.9 Å². The number of nitro groups is 1.